The fourth-order valence-electron chi connectivity index (χ4n) is 3.69. The van der Waals surface area contributed by atoms with E-state index in [1.165, 1.54) is 0 Å². The number of hydrogen-bond donors (Lipinski definition) is 0. The number of urea groups is 1. The van der Waals surface area contributed by atoms with Crippen molar-refractivity contribution in [1.29, 1.82) is 0 Å². The van der Waals surface area contributed by atoms with E-state index in [-0.39, 0.29) is 17.5 Å². The number of anilines is 2. The highest BCUT2D eigenvalue weighted by Gasteiger charge is 2.54. The number of ether oxygens (including phenoxy) is 1. The fourth-order valence-corrected chi connectivity index (χ4v) is 5.80. The molecular formula is C18H17ClN2O4S. The Morgan fingerprint density at radius 2 is 1.58 bits per heavy atom. The number of carbonyl (C=O) groups excluding carboxylic acids is 1. The largest absolute Gasteiger partial charge is 0.497 e. The van der Waals surface area contributed by atoms with Crippen molar-refractivity contribution in [2.24, 2.45) is 0 Å². The topological polar surface area (TPSA) is 66.9 Å². The predicted octanol–water partition coefficient (Wildman–Crippen LogP) is 2.96. The van der Waals surface area contributed by atoms with Crippen molar-refractivity contribution in [3.8, 4) is 5.75 Å². The van der Waals surface area contributed by atoms with Gasteiger partial charge in [-0.25, -0.2) is 13.2 Å². The lowest BCUT2D eigenvalue weighted by Gasteiger charge is -2.23. The van der Waals surface area contributed by atoms with Crippen LogP contribution < -0.4 is 14.5 Å². The molecule has 2 fully saturated rings. The third-order valence-electron chi connectivity index (χ3n) is 4.79. The number of fused-ring (bicyclic) bond motifs is 1. The van der Waals surface area contributed by atoms with Gasteiger partial charge in [-0.1, -0.05) is 23.7 Å². The molecule has 8 heteroatoms. The number of benzene rings is 2. The number of nitrogens with zero attached hydrogens (tertiary/aromatic N) is 2. The van der Waals surface area contributed by atoms with Gasteiger partial charge in [0, 0.05) is 22.5 Å². The van der Waals surface area contributed by atoms with Crippen LogP contribution in [0.3, 0.4) is 0 Å². The van der Waals surface area contributed by atoms with Crippen molar-refractivity contribution in [2.75, 3.05) is 28.4 Å². The molecule has 4 rings (SSSR count). The Morgan fingerprint density at radius 1 is 1.00 bits per heavy atom. The second-order valence-electron chi connectivity index (χ2n) is 6.42. The van der Waals surface area contributed by atoms with Crippen molar-refractivity contribution < 1.29 is 17.9 Å². The van der Waals surface area contributed by atoms with Gasteiger partial charge in [0.1, 0.15) is 5.75 Å². The molecule has 2 atom stereocenters. The maximum atomic E-state index is 13.2. The van der Waals surface area contributed by atoms with Gasteiger partial charge in [-0.3, -0.25) is 9.80 Å². The Balaban J connectivity index is 1.81. The van der Waals surface area contributed by atoms with Gasteiger partial charge in [0.05, 0.1) is 30.7 Å². The molecule has 2 aliphatic heterocycles. The standard InChI is InChI=1S/C18H17ClN2O4S/c1-25-15-7-3-6-14(9-15)21-17-11-26(23,24)10-16(17)20(18(21)22)13-5-2-4-12(19)8-13/h2-9,16-17H,10-11H2,1H3/t16-,17+/m1/s1. The smallest absolute Gasteiger partial charge is 0.329 e. The molecule has 2 aliphatic rings. The van der Waals surface area contributed by atoms with E-state index in [0.29, 0.717) is 22.1 Å². The van der Waals surface area contributed by atoms with Crippen LogP contribution in [-0.4, -0.2) is 45.1 Å². The zero-order chi connectivity index (χ0) is 18.5. The second kappa shape index (κ2) is 6.17. The lowest BCUT2D eigenvalue weighted by atomic mass is 10.1. The molecule has 0 unspecified atom stereocenters. The molecule has 26 heavy (non-hydrogen) atoms. The molecule has 0 N–H and O–H groups in total. The van der Waals surface area contributed by atoms with Crippen LogP contribution in [0.1, 0.15) is 0 Å². The summed E-state index contributed by atoms with van der Waals surface area (Å²) in [6.45, 7) is 0. The number of rotatable bonds is 3. The third-order valence-corrected chi connectivity index (χ3v) is 6.72. The molecule has 0 spiro atoms. The lowest BCUT2D eigenvalue weighted by Crippen LogP contribution is -2.37. The van der Waals surface area contributed by atoms with Gasteiger partial charge < -0.3 is 4.74 Å². The number of amides is 2. The number of hydrogen-bond acceptors (Lipinski definition) is 4. The van der Waals surface area contributed by atoms with E-state index in [9.17, 15) is 13.2 Å². The SMILES string of the molecule is COc1cccc(N2C(=O)N(c3cccc(Cl)c3)[C@@H]3CS(=O)(=O)C[C@@H]32)c1. The highest BCUT2D eigenvalue weighted by molar-refractivity contribution is 7.91. The van der Waals surface area contributed by atoms with Gasteiger partial charge in [0.15, 0.2) is 9.84 Å². The van der Waals surface area contributed by atoms with Crippen LogP contribution in [0.25, 0.3) is 0 Å². The summed E-state index contributed by atoms with van der Waals surface area (Å²) >= 11 is 6.08. The molecule has 2 saturated heterocycles. The molecule has 0 radical (unpaired) electrons. The van der Waals surface area contributed by atoms with Crippen molar-refractivity contribution in [3.05, 3.63) is 53.6 Å². The summed E-state index contributed by atoms with van der Waals surface area (Å²) in [4.78, 5) is 16.3. The zero-order valence-corrected chi connectivity index (χ0v) is 15.6. The van der Waals surface area contributed by atoms with Crippen LogP contribution in [0.15, 0.2) is 48.5 Å². The van der Waals surface area contributed by atoms with Gasteiger partial charge in [-0.15, -0.1) is 0 Å². The van der Waals surface area contributed by atoms with Crippen molar-refractivity contribution in [2.45, 2.75) is 12.1 Å². The summed E-state index contributed by atoms with van der Waals surface area (Å²) in [5, 5.41) is 0.493. The molecule has 2 heterocycles. The van der Waals surface area contributed by atoms with E-state index in [1.807, 2.05) is 0 Å². The van der Waals surface area contributed by atoms with E-state index in [1.54, 1.807) is 65.4 Å². The monoisotopic (exact) mass is 392 g/mol. The Morgan fingerprint density at radius 3 is 2.15 bits per heavy atom. The maximum absolute atomic E-state index is 13.2. The second-order valence-corrected chi connectivity index (χ2v) is 9.01. The Hall–Kier alpha value is -2.25. The summed E-state index contributed by atoms with van der Waals surface area (Å²) in [5.74, 6) is 0.488. The lowest BCUT2D eigenvalue weighted by molar-refractivity contribution is 0.255. The first-order chi connectivity index (χ1) is 12.4. The summed E-state index contributed by atoms with van der Waals surface area (Å²) in [6.07, 6.45) is 0. The number of sulfone groups is 1. The normalized spacial score (nSPS) is 24.0. The summed E-state index contributed by atoms with van der Waals surface area (Å²) < 4.78 is 29.8. The minimum Gasteiger partial charge on any atom is -0.497 e. The molecule has 0 aliphatic carbocycles. The first-order valence-corrected chi connectivity index (χ1v) is 10.3. The van der Waals surface area contributed by atoms with Gasteiger partial charge in [-0.2, -0.15) is 0 Å². The molecular weight excluding hydrogens is 376 g/mol. The minimum absolute atomic E-state index is 0.0579. The first kappa shape index (κ1) is 17.2. The highest BCUT2D eigenvalue weighted by atomic mass is 35.5. The van der Waals surface area contributed by atoms with Crippen molar-refractivity contribution in [1.82, 2.24) is 0 Å². The zero-order valence-electron chi connectivity index (χ0n) is 14.0. The fraction of sp³-hybridized carbons (Fsp3) is 0.278. The highest BCUT2D eigenvalue weighted by Crippen LogP contribution is 2.39. The van der Waals surface area contributed by atoms with Crippen LogP contribution in [-0.2, 0) is 9.84 Å². The van der Waals surface area contributed by atoms with E-state index >= 15 is 0 Å². The van der Waals surface area contributed by atoms with Crippen LogP contribution in [0, 0.1) is 0 Å². The van der Waals surface area contributed by atoms with E-state index in [2.05, 4.69) is 0 Å². The number of halogens is 1. The van der Waals surface area contributed by atoms with E-state index < -0.39 is 21.9 Å². The number of methoxy groups -OCH3 is 1. The average Bonchev–Trinajstić information content (AvgIpc) is 3.03. The van der Waals surface area contributed by atoms with Crippen LogP contribution in [0.2, 0.25) is 5.02 Å². The van der Waals surface area contributed by atoms with Gasteiger partial charge in [0.2, 0.25) is 0 Å². The average molecular weight is 393 g/mol. The molecule has 136 valence electrons. The van der Waals surface area contributed by atoms with Crippen LogP contribution in [0.4, 0.5) is 16.2 Å². The Bertz CT molecular complexity index is 979. The first-order valence-electron chi connectivity index (χ1n) is 8.12. The number of carbonyl (C=O) groups is 1. The van der Waals surface area contributed by atoms with Crippen molar-refractivity contribution >= 4 is 38.8 Å². The van der Waals surface area contributed by atoms with Gasteiger partial charge in [0.25, 0.3) is 0 Å². The molecule has 0 bridgehead atoms. The van der Waals surface area contributed by atoms with E-state index in [0.717, 1.165) is 0 Å². The summed E-state index contributed by atoms with van der Waals surface area (Å²) in [7, 11) is -1.69. The molecule has 2 aromatic carbocycles. The third kappa shape index (κ3) is 2.81. The predicted molar refractivity (Wildman–Crippen MR) is 101 cm³/mol. The minimum atomic E-state index is -3.24. The van der Waals surface area contributed by atoms with Crippen molar-refractivity contribution in [3.63, 3.8) is 0 Å². The Labute approximate surface area is 156 Å². The summed E-state index contributed by atoms with van der Waals surface area (Å²) in [5.41, 5.74) is 1.21. The molecule has 0 saturated carbocycles. The van der Waals surface area contributed by atoms with Gasteiger partial charge in [-0.05, 0) is 30.3 Å². The molecule has 2 aromatic rings. The molecule has 0 aromatic heterocycles. The van der Waals surface area contributed by atoms with Crippen LogP contribution in [0.5, 0.6) is 5.75 Å². The molecule has 2 amide bonds. The molecule has 6 nitrogen and oxygen atoms in total. The Kier molecular flexibility index (Phi) is 4.08. The maximum Gasteiger partial charge on any atom is 0.329 e. The van der Waals surface area contributed by atoms with Gasteiger partial charge >= 0.3 is 6.03 Å². The van der Waals surface area contributed by atoms with Crippen LogP contribution >= 0.6 is 11.6 Å². The van der Waals surface area contributed by atoms with E-state index in [4.69, 9.17) is 16.3 Å². The quantitative estimate of drug-likeness (QED) is 0.753. The summed E-state index contributed by atoms with van der Waals surface area (Å²) in [6, 6.07) is 12.8.